The minimum atomic E-state index is -0.559. The second kappa shape index (κ2) is 6.72. The first-order chi connectivity index (χ1) is 12.7. The summed E-state index contributed by atoms with van der Waals surface area (Å²) >= 11 is 5.57. The number of hydrogen-bond acceptors (Lipinski definition) is 3. The Morgan fingerprint density at radius 3 is 2.58 bits per heavy atom. The summed E-state index contributed by atoms with van der Waals surface area (Å²) in [4.78, 5) is 4.43. The monoisotopic (exact) mass is 365 g/mol. The molecular formula is C20H13F2N3S. The van der Waals surface area contributed by atoms with E-state index in [0.717, 1.165) is 10.9 Å². The van der Waals surface area contributed by atoms with Gasteiger partial charge in [-0.25, -0.2) is 13.5 Å². The van der Waals surface area contributed by atoms with Crippen LogP contribution in [0.15, 0.2) is 66.9 Å². The molecule has 0 bridgehead atoms. The van der Waals surface area contributed by atoms with Crippen molar-refractivity contribution < 1.29 is 8.78 Å². The van der Waals surface area contributed by atoms with Crippen LogP contribution in [-0.2, 0) is 6.67 Å². The fourth-order valence-corrected chi connectivity index (χ4v) is 3.14. The van der Waals surface area contributed by atoms with Crippen molar-refractivity contribution in [2.24, 2.45) is 0 Å². The Morgan fingerprint density at radius 1 is 1.00 bits per heavy atom. The molecule has 2 aromatic heterocycles. The van der Waals surface area contributed by atoms with Crippen molar-refractivity contribution in [3.8, 4) is 16.9 Å². The van der Waals surface area contributed by atoms with Crippen molar-refractivity contribution in [2.75, 3.05) is 0 Å². The molecule has 0 saturated carbocycles. The topological polar surface area (TPSA) is 30.7 Å². The van der Waals surface area contributed by atoms with Crippen molar-refractivity contribution in [2.45, 2.75) is 6.67 Å². The molecule has 0 aliphatic rings. The average Bonchev–Trinajstić information content (AvgIpc) is 2.69. The maximum absolute atomic E-state index is 13.3. The molecule has 4 rings (SSSR count). The molecule has 0 amide bonds. The van der Waals surface area contributed by atoms with Crippen molar-refractivity contribution in [1.29, 1.82) is 0 Å². The summed E-state index contributed by atoms with van der Waals surface area (Å²) in [6.45, 7) is -0.559. The number of nitrogens with zero attached hydrogens (tertiary/aromatic N) is 3. The lowest BCUT2D eigenvalue weighted by atomic mass is 10.1. The van der Waals surface area contributed by atoms with Gasteiger partial charge in [0, 0.05) is 17.1 Å². The lowest BCUT2D eigenvalue weighted by molar-refractivity contribution is 0.485. The second-order valence-corrected chi connectivity index (χ2v) is 6.16. The van der Waals surface area contributed by atoms with Crippen LogP contribution in [0.3, 0.4) is 0 Å². The van der Waals surface area contributed by atoms with Crippen molar-refractivity contribution in [3.63, 3.8) is 0 Å². The molecular weight excluding hydrogens is 352 g/mol. The van der Waals surface area contributed by atoms with Gasteiger partial charge in [0.25, 0.3) is 0 Å². The lowest BCUT2D eigenvalue weighted by Gasteiger charge is -2.12. The molecule has 0 saturated heterocycles. The number of halogens is 2. The van der Waals surface area contributed by atoms with E-state index in [0.29, 0.717) is 27.1 Å². The summed E-state index contributed by atoms with van der Waals surface area (Å²) in [7, 11) is 0. The van der Waals surface area contributed by atoms with Gasteiger partial charge in [-0.1, -0.05) is 30.4 Å². The normalized spacial score (nSPS) is 11.0. The summed E-state index contributed by atoms with van der Waals surface area (Å²) in [6.07, 6.45) is 1.67. The van der Waals surface area contributed by atoms with Crippen LogP contribution in [0.5, 0.6) is 0 Å². The second-order valence-electron chi connectivity index (χ2n) is 5.78. The van der Waals surface area contributed by atoms with E-state index in [1.54, 1.807) is 47.3 Å². The van der Waals surface area contributed by atoms with E-state index in [-0.39, 0.29) is 5.82 Å². The van der Waals surface area contributed by atoms with Crippen LogP contribution in [0.4, 0.5) is 8.78 Å². The fraction of sp³-hybridized carbons (Fsp3) is 0.0500. The van der Waals surface area contributed by atoms with Gasteiger partial charge in [-0.3, -0.25) is 4.98 Å². The third-order valence-electron chi connectivity index (χ3n) is 4.08. The van der Waals surface area contributed by atoms with E-state index in [4.69, 9.17) is 12.2 Å². The summed E-state index contributed by atoms with van der Waals surface area (Å²) in [5.41, 5.74) is 3.18. The molecule has 0 aliphatic heterocycles. The Balaban J connectivity index is 2.04. The van der Waals surface area contributed by atoms with Gasteiger partial charge < -0.3 is 0 Å². The van der Waals surface area contributed by atoms with E-state index >= 15 is 0 Å². The number of alkyl halides is 1. The van der Waals surface area contributed by atoms with E-state index in [1.165, 1.54) is 12.1 Å². The van der Waals surface area contributed by atoms with Gasteiger partial charge in [0.1, 0.15) is 28.3 Å². The molecule has 0 atom stereocenters. The zero-order valence-electron chi connectivity index (χ0n) is 13.6. The number of hydrogen-bond donors (Lipinski definition) is 0. The van der Waals surface area contributed by atoms with Crippen LogP contribution in [0.1, 0.15) is 5.56 Å². The minimum Gasteiger partial charge on any atom is -0.254 e. The first-order valence-corrected chi connectivity index (χ1v) is 8.37. The smallest absolute Gasteiger partial charge is 0.137 e. The van der Waals surface area contributed by atoms with Gasteiger partial charge in [0.05, 0.1) is 5.69 Å². The predicted octanol–water partition coefficient (Wildman–Crippen LogP) is 5.43. The molecule has 0 N–H and O–H groups in total. The van der Waals surface area contributed by atoms with Crippen LogP contribution in [0.25, 0.3) is 27.8 Å². The number of fused-ring (bicyclic) bond motifs is 1. The molecule has 2 aromatic carbocycles. The maximum atomic E-state index is 13.3. The number of aromatic nitrogens is 3. The Kier molecular flexibility index (Phi) is 4.26. The maximum Gasteiger partial charge on any atom is 0.137 e. The minimum absolute atomic E-state index is 0.335. The fourth-order valence-electron chi connectivity index (χ4n) is 2.83. The lowest BCUT2D eigenvalue weighted by Crippen LogP contribution is -2.06. The SMILES string of the molecule is FCc1cccc(-c2nn(-c3ccc(F)cc3)c(=S)c3cccnc23)c1. The van der Waals surface area contributed by atoms with Crippen molar-refractivity contribution in [3.05, 3.63) is 82.9 Å². The Hall–Kier alpha value is -2.99. The van der Waals surface area contributed by atoms with Gasteiger partial charge in [-0.15, -0.1) is 0 Å². The Morgan fingerprint density at radius 2 is 1.81 bits per heavy atom. The summed E-state index contributed by atoms with van der Waals surface area (Å²) in [6, 6.07) is 16.7. The Bertz CT molecular complexity index is 1150. The van der Waals surface area contributed by atoms with E-state index in [2.05, 4.69) is 10.1 Å². The quantitative estimate of drug-likeness (QED) is 0.454. The van der Waals surface area contributed by atoms with E-state index in [9.17, 15) is 8.78 Å². The molecule has 0 radical (unpaired) electrons. The summed E-state index contributed by atoms with van der Waals surface area (Å²) in [5.74, 6) is -0.335. The molecule has 2 heterocycles. The highest BCUT2D eigenvalue weighted by Gasteiger charge is 2.13. The average molecular weight is 365 g/mol. The molecule has 0 spiro atoms. The van der Waals surface area contributed by atoms with E-state index in [1.807, 2.05) is 12.1 Å². The third kappa shape index (κ3) is 2.88. The molecule has 0 aliphatic carbocycles. The number of benzene rings is 2. The molecule has 3 nitrogen and oxygen atoms in total. The number of pyridine rings is 1. The van der Waals surface area contributed by atoms with Crippen LogP contribution in [-0.4, -0.2) is 14.8 Å². The largest absolute Gasteiger partial charge is 0.254 e. The van der Waals surface area contributed by atoms with Gasteiger partial charge in [0.2, 0.25) is 0 Å². The Labute approximate surface area is 153 Å². The van der Waals surface area contributed by atoms with Gasteiger partial charge in [-0.05, 0) is 48.0 Å². The number of rotatable bonds is 3. The third-order valence-corrected chi connectivity index (χ3v) is 4.47. The zero-order valence-corrected chi connectivity index (χ0v) is 14.4. The van der Waals surface area contributed by atoms with Gasteiger partial charge >= 0.3 is 0 Å². The predicted molar refractivity (Wildman–Crippen MR) is 99.9 cm³/mol. The van der Waals surface area contributed by atoms with Crippen LogP contribution in [0.2, 0.25) is 0 Å². The standard InChI is InChI=1S/C20H13F2N3S/c21-12-13-3-1-4-14(11-13)18-19-17(5-2-10-23-19)20(26)25(24-18)16-8-6-15(22)7-9-16/h1-11H,12H2. The molecule has 4 aromatic rings. The van der Waals surface area contributed by atoms with E-state index < -0.39 is 6.67 Å². The van der Waals surface area contributed by atoms with Crippen LogP contribution >= 0.6 is 12.2 Å². The highest BCUT2D eigenvalue weighted by atomic mass is 32.1. The molecule has 0 unspecified atom stereocenters. The molecule has 0 fully saturated rings. The summed E-state index contributed by atoms with van der Waals surface area (Å²) in [5, 5.41) is 5.40. The zero-order chi connectivity index (χ0) is 18.1. The first kappa shape index (κ1) is 16.5. The van der Waals surface area contributed by atoms with Crippen LogP contribution in [0, 0.1) is 10.5 Å². The molecule has 26 heavy (non-hydrogen) atoms. The highest BCUT2D eigenvalue weighted by Crippen LogP contribution is 2.27. The first-order valence-electron chi connectivity index (χ1n) is 7.96. The molecule has 128 valence electrons. The van der Waals surface area contributed by atoms with Crippen molar-refractivity contribution in [1.82, 2.24) is 14.8 Å². The summed E-state index contributed by atoms with van der Waals surface area (Å²) < 4.78 is 28.4. The van der Waals surface area contributed by atoms with Crippen molar-refractivity contribution >= 4 is 23.1 Å². The molecule has 6 heteroatoms. The van der Waals surface area contributed by atoms with Gasteiger partial charge in [0.15, 0.2) is 0 Å². The highest BCUT2D eigenvalue weighted by molar-refractivity contribution is 7.71. The van der Waals surface area contributed by atoms with Crippen LogP contribution < -0.4 is 0 Å². The van der Waals surface area contributed by atoms with Gasteiger partial charge in [-0.2, -0.15) is 5.10 Å².